The minimum Gasteiger partial charge on any atom is -0.319 e. The number of anilines is 1. The highest BCUT2D eigenvalue weighted by molar-refractivity contribution is 9.10. The zero-order valence-corrected chi connectivity index (χ0v) is 12.9. The van der Waals surface area contributed by atoms with E-state index in [1.54, 1.807) is 12.3 Å². The van der Waals surface area contributed by atoms with Gasteiger partial charge in [-0.15, -0.1) is 10.2 Å². The van der Waals surface area contributed by atoms with E-state index in [9.17, 15) is 4.79 Å². The van der Waals surface area contributed by atoms with Crippen LogP contribution in [-0.2, 0) is 0 Å². The van der Waals surface area contributed by atoms with Gasteiger partial charge in [0.25, 0.3) is 5.91 Å². The van der Waals surface area contributed by atoms with Crippen LogP contribution in [0.3, 0.4) is 0 Å². The number of carbonyl (C=O) groups excluding carboxylic acids is 1. The number of hydrogen-bond donors (Lipinski definition) is 1. The molecule has 2 aromatic heterocycles. The first-order chi connectivity index (χ1) is 10.1. The molecular formula is C14H8BrClN4O. The number of amides is 1. The number of hydrogen-bond acceptors (Lipinski definition) is 4. The van der Waals surface area contributed by atoms with Crippen LogP contribution in [0.15, 0.2) is 47.1 Å². The van der Waals surface area contributed by atoms with Gasteiger partial charge in [0, 0.05) is 16.1 Å². The summed E-state index contributed by atoms with van der Waals surface area (Å²) in [5, 5.41) is 11.3. The lowest BCUT2D eigenvalue weighted by Gasteiger charge is -2.07. The average molecular weight is 364 g/mol. The molecule has 0 bridgehead atoms. The van der Waals surface area contributed by atoms with Crippen molar-refractivity contribution in [1.29, 1.82) is 0 Å². The number of nitrogens with zero attached hydrogens (tertiary/aromatic N) is 3. The van der Waals surface area contributed by atoms with Crippen molar-refractivity contribution < 1.29 is 4.79 Å². The van der Waals surface area contributed by atoms with E-state index in [1.165, 1.54) is 12.1 Å². The molecule has 0 unspecified atom stereocenters. The Bertz CT molecular complexity index is 823. The Morgan fingerprint density at radius 2 is 2.05 bits per heavy atom. The SMILES string of the molecule is O=C(Nc1cccc2cc(Br)cnc12)c1ccc(Cl)nn1. The zero-order chi connectivity index (χ0) is 14.8. The summed E-state index contributed by atoms with van der Waals surface area (Å²) >= 11 is 9.02. The molecule has 3 aromatic rings. The molecule has 1 amide bonds. The summed E-state index contributed by atoms with van der Waals surface area (Å²) in [5.74, 6) is -0.364. The molecule has 1 N–H and O–H groups in total. The molecule has 0 aliphatic rings. The van der Waals surface area contributed by atoms with Crippen molar-refractivity contribution in [1.82, 2.24) is 15.2 Å². The second-order valence-corrected chi connectivity index (χ2v) is 5.53. The lowest BCUT2D eigenvalue weighted by atomic mass is 10.2. The van der Waals surface area contributed by atoms with Crippen LogP contribution in [0.2, 0.25) is 5.15 Å². The quantitative estimate of drug-likeness (QED) is 0.754. The van der Waals surface area contributed by atoms with E-state index < -0.39 is 0 Å². The summed E-state index contributed by atoms with van der Waals surface area (Å²) in [7, 11) is 0. The van der Waals surface area contributed by atoms with Gasteiger partial charge in [-0.1, -0.05) is 23.7 Å². The number of pyridine rings is 1. The van der Waals surface area contributed by atoms with E-state index >= 15 is 0 Å². The minimum absolute atomic E-state index is 0.188. The second kappa shape index (κ2) is 5.75. The van der Waals surface area contributed by atoms with Crippen LogP contribution in [0.1, 0.15) is 10.5 Å². The standard InChI is InChI=1S/C14H8BrClN4O/c15-9-6-8-2-1-3-10(13(8)17-7-9)18-14(21)11-4-5-12(16)20-19-11/h1-7H,(H,18,21). The highest BCUT2D eigenvalue weighted by atomic mass is 79.9. The van der Waals surface area contributed by atoms with Crippen LogP contribution in [0.4, 0.5) is 5.69 Å². The topological polar surface area (TPSA) is 67.8 Å². The van der Waals surface area contributed by atoms with Gasteiger partial charge < -0.3 is 5.32 Å². The van der Waals surface area contributed by atoms with Gasteiger partial charge in [-0.2, -0.15) is 0 Å². The van der Waals surface area contributed by atoms with Crippen LogP contribution in [0.5, 0.6) is 0 Å². The highest BCUT2D eigenvalue weighted by Crippen LogP contribution is 2.24. The molecule has 0 saturated carbocycles. The molecule has 104 valence electrons. The molecule has 2 heterocycles. The zero-order valence-electron chi connectivity index (χ0n) is 10.5. The Kier molecular flexibility index (Phi) is 3.81. The fourth-order valence-electron chi connectivity index (χ4n) is 1.86. The smallest absolute Gasteiger partial charge is 0.276 e. The fraction of sp³-hybridized carbons (Fsp3) is 0. The molecule has 7 heteroatoms. The normalized spacial score (nSPS) is 10.6. The van der Waals surface area contributed by atoms with Crippen molar-refractivity contribution in [2.75, 3.05) is 5.32 Å². The van der Waals surface area contributed by atoms with Crippen LogP contribution >= 0.6 is 27.5 Å². The number of carbonyl (C=O) groups is 1. The summed E-state index contributed by atoms with van der Waals surface area (Å²) in [5.41, 5.74) is 1.51. The van der Waals surface area contributed by atoms with E-state index in [-0.39, 0.29) is 16.8 Å². The first kappa shape index (κ1) is 13.9. The van der Waals surface area contributed by atoms with E-state index in [0.717, 1.165) is 9.86 Å². The van der Waals surface area contributed by atoms with Crippen LogP contribution in [0.25, 0.3) is 10.9 Å². The Morgan fingerprint density at radius 3 is 2.81 bits per heavy atom. The maximum Gasteiger partial charge on any atom is 0.276 e. The van der Waals surface area contributed by atoms with Gasteiger partial charge in [0.2, 0.25) is 0 Å². The lowest BCUT2D eigenvalue weighted by Crippen LogP contribution is -2.14. The van der Waals surface area contributed by atoms with Gasteiger partial charge in [0.05, 0.1) is 11.2 Å². The van der Waals surface area contributed by atoms with Gasteiger partial charge >= 0.3 is 0 Å². The maximum absolute atomic E-state index is 12.1. The summed E-state index contributed by atoms with van der Waals surface area (Å²) in [6, 6.07) is 10.5. The van der Waals surface area contributed by atoms with E-state index in [0.29, 0.717) is 11.2 Å². The summed E-state index contributed by atoms with van der Waals surface area (Å²) in [4.78, 5) is 16.5. The molecule has 3 rings (SSSR count). The number of fused-ring (bicyclic) bond motifs is 1. The molecule has 0 spiro atoms. The number of aromatic nitrogens is 3. The third kappa shape index (κ3) is 3.01. The van der Waals surface area contributed by atoms with Gasteiger partial charge in [-0.3, -0.25) is 9.78 Å². The molecule has 0 saturated heterocycles. The van der Waals surface area contributed by atoms with Gasteiger partial charge in [0.15, 0.2) is 10.8 Å². The Morgan fingerprint density at radius 1 is 1.19 bits per heavy atom. The highest BCUT2D eigenvalue weighted by Gasteiger charge is 2.11. The molecule has 0 atom stereocenters. The number of halogens is 2. The summed E-state index contributed by atoms with van der Waals surface area (Å²) < 4.78 is 0.877. The summed E-state index contributed by atoms with van der Waals surface area (Å²) in [6.07, 6.45) is 1.68. The second-order valence-electron chi connectivity index (χ2n) is 4.23. The van der Waals surface area contributed by atoms with Crippen molar-refractivity contribution in [3.63, 3.8) is 0 Å². The maximum atomic E-state index is 12.1. The fourth-order valence-corrected chi connectivity index (χ4v) is 2.31. The van der Waals surface area contributed by atoms with E-state index in [1.807, 2.05) is 18.2 Å². The lowest BCUT2D eigenvalue weighted by molar-refractivity contribution is 0.102. The number of nitrogens with one attached hydrogen (secondary N) is 1. The third-order valence-electron chi connectivity index (χ3n) is 2.79. The van der Waals surface area contributed by atoms with Crippen LogP contribution < -0.4 is 5.32 Å². The molecule has 0 radical (unpaired) electrons. The molecule has 0 aliphatic heterocycles. The van der Waals surface area contributed by atoms with Crippen molar-refractivity contribution in [3.8, 4) is 0 Å². The Hall–Kier alpha value is -2.05. The number of benzene rings is 1. The Labute approximate surface area is 133 Å². The molecule has 0 fully saturated rings. The number of rotatable bonds is 2. The van der Waals surface area contributed by atoms with Gasteiger partial charge in [-0.05, 0) is 40.2 Å². The van der Waals surface area contributed by atoms with Crippen LogP contribution in [-0.4, -0.2) is 21.1 Å². The monoisotopic (exact) mass is 362 g/mol. The van der Waals surface area contributed by atoms with E-state index in [4.69, 9.17) is 11.6 Å². The third-order valence-corrected chi connectivity index (χ3v) is 3.43. The van der Waals surface area contributed by atoms with Gasteiger partial charge in [0.1, 0.15) is 0 Å². The summed E-state index contributed by atoms with van der Waals surface area (Å²) in [6.45, 7) is 0. The van der Waals surface area contributed by atoms with Crippen molar-refractivity contribution >= 4 is 50.0 Å². The predicted molar refractivity (Wildman–Crippen MR) is 84.4 cm³/mol. The van der Waals surface area contributed by atoms with Crippen molar-refractivity contribution in [2.45, 2.75) is 0 Å². The van der Waals surface area contributed by atoms with Gasteiger partial charge in [-0.25, -0.2) is 0 Å². The van der Waals surface area contributed by atoms with Crippen LogP contribution in [0, 0.1) is 0 Å². The first-order valence-corrected chi connectivity index (χ1v) is 7.15. The molecule has 1 aromatic carbocycles. The first-order valence-electron chi connectivity index (χ1n) is 5.98. The molecule has 21 heavy (non-hydrogen) atoms. The van der Waals surface area contributed by atoms with E-state index in [2.05, 4.69) is 36.4 Å². The molecule has 5 nitrogen and oxygen atoms in total. The van der Waals surface area contributed by atoms with Crippen molar-refractivity contribution in [2.24, 2.45) is 0 Å². The predicted octanol–water partition coefficient (Wildman–Crippen LogP) is 3.69. The number of para-hydroxylation sites is 1. The minimum atomic E-state index is -0.364. The molecular weight excluding hydrogens is 356 g/mol. The van der Waals surface area contributed by atoms with Crippen molar-refractivity contribution in [3.05, 3.63) is 57.9 Å². The average Bonchev–Trinajstić information content (AvgIpc) is 2.47. The Balaban J connectivity index is 1.94. The largest absolute Gasteiger partial charge is 0.319 e. The molecule has 0 aliphatic carbocycles.